The van der Waals surface area contributed by atoms with E-state index < -0.39 is 0 Å². The molecule has 0 aliphatic heterocycles. The Morgan fingerprint density at radius 2 is 2.10 bits per heavy atom. The van der Waals surface area contributed by atoms with Crippen molar-refractivity contribution < 1.29 is 9.15 Å². The third-order valence-electron chi connectivity index (χ3n) is 3.02. The van der Waals surface area contributed by atoms with Crippen LogP contribution in [-0.2, 0) is 13.2 Å². The maximum atomic E-state index is 5.61. The molecule has 21 heavy (non-hydrogen) atoms. The highest BCUT2D eigenvalue weighted by molar-refractivity contribution is 5.29. The molecule has 0 fully saturated rings. The van der Waals surface area contributed by atoms with Gasteiger partial charge in [0.05, 0.1) is 18.5 Å². The van der Waals surface area contributed by atoms with Crippen LogP contribution in [0.3, 0.4) is 0 Å². The second-order valence-electron chi connectivity index (χ2n) is 4.50. The Balaban J connectivity index is 1.66. The predicted octanol–water partition coefficient (Wildman–Crippen LogP) is 2.16. The summed E-state index contributed by atoms with van der Waals surface area (Å²) >= 11 is 0. The van der Waals surface area contributed by atoms with Gasteiger partial charge in [-0.15, -0.1) is 5.10 Å². The highest BCUT2D eigenvalue weighted by Gasteiger charge is 2.08. The summed E-state index contributed by atoms with van der Waals surface area (Å²) in [6.07, 6.45) is 3.29. The first-order valence-corrected chi connectivity index (χ1v) is 6.66. The molecule has 1 aromatic carbocycles. The van der Waals surface area contributed by atoms with E-state index in [4.69, 9.17) is 9.15 Å². The Kier molecular flexibility index (Phi) is 3.97. The lowest BCUT2D eigenvalue weighted by atomic mass is 10.2. The smallest absolute Gasteiger partial charge is 0.336 e. The zero-order valence-corrected chi connectivity index (χ0v) is 11.7. The molecule has 108 valence electrons. The van der Waals surface area contributed by atoms with Gasteiger partial charge in [0.15, 0.2) is 0 Å². The summed E-state index contributed by atoms with van der Waals surface area (Å²) in [5, 5.41) is 7.34. The molecule has 0 aliphatic carbocycles. The van der Waals surface area contributed by atoms with Crippen LogP contribution >= 0.6 is 0 Å². The average molecular weight is 284 g/mol. The molecule has 0 amide bonds. The first-order chi connectivity index (χ1) is 10.4. The molecule has 0 saturated heterocycles. The quantitative estimate of drug-likeness (QED) is 0.751. The summed E-state index contributed by atoms with van der Waals surface area (Å²) in [4.78, 5) is 4.15. The highest BCUT2D eigenvalue weighted by Crippen LogP contribution is 2.14. The molecule has 0 radical (unpaired) electrons. The minimum absolute atomic E-state index is 0.343. The summed E-state index contributed by atoms with van der Waals surface area (Å²) in [5.74, 6) is 0.861. The summed E-state index contributed by atoms with van der Waals surface area (Å²) in [6, 6.07) is 12.0. The number of nitrogens with one attached hydrogen (secondary N) is 1. The van der Waals surface area contributed by atoms with Crippen molar-refractivity contribution in [1.29, 1.82) is 0 Å². The van der Waals surface area contributed by atoms with Crippen molar-refractivity contribution in [1.82, 2.24) is 20.1 Å². The van der Waals surface area contributed by atoms with E-state index in [9.17, 15) is 0 Å². The predicted molar refractivity (Wildman–Crippen MR) is 77.2 cm³/mol. The second kappa shape index (κ2) is 6.23. The monoisotopic (exact) mass is 284 g/mol. The van der Waals surface area contributed by atoms with Crippen LogP contribution in [0.5, 0.6) is 6.01 Å². The fourth-order valence-electron chi connectivity index (χ4n) is 1.97. The van der Waals surface area contributed by atoms with Crippen molar-refractivity contribution in [2.75, 3.05) is 7.05 Å². The molecule has 1 N–H and O–H groups in total. The first kappa shape index (κ1) is 13.4. The third-order valence-corrected chi connectivity index (χ3v) is 3.02. The van der Waals surface area contributed by atoms with Crippen molar-refractivity contribution >= 4 is 0 Å². The minimum Gasteiger partial charge on any atom is -0.468 e. The molecule has 6 heteroatoms. The van der Waals surface area contributed by atoms with Gasteiger partial charge in [0, 0.05) is 5.56 Å². The maximum absolute atomic E-state index is 5.61. The van der Waals surface area contributed by atoms with Crippen molar-refractivity contribution in [2.24, 2.45) is 0 Å². The van der Waals surface area contributed by atoms with Gasteiger partial charge in [-0.3, -0.25) is 0 Å². The average Bonchev–Trinajstić information content (AvgIpc) is 3.16. The van der Waals surface area contributed by atoms with Crippen molar-refractivity contribution in [2.45, 2.75) is 13.2 Å². The fraction of sp³-hybridized carbons (Fsp3) is 0.200. The second-order valence-corrected chi connectivity index (χ2v) is 4.50. The zero-order valence-electron chi connectivity index (χ0n) is 11.7. The van der Waals surface area contributed by atoms with E-state index >= 15 is 0 Å². The number of para-hydroxylation sites is 1. The minimum atomic E-state index is 0.343. The lowest BCUT2D eigenvalue weighted by molar-refractivity contribution is 0.277. The number of hydrogen-bond donors (Lipinski definition) is 1. The van der Waals surface area contributed by atoms with Crippen molar-refractivity contribution in [3.05, 3.63) is 60.3 Å². The van der Waals surface area contributed by atoms with Crippen LogP contribution in [0.25, 0.3) is 5.69 Å². The zero-order chi connectivity index (χ0) is 14.5. The largest absolute Gasteiger partial charge is 0.468 e. The molecule has 0 spiro atoms. The molecule has 2 heterocycles. The summed E-state index contributed by atoms with van der Waals surface area (Å²) in [7, 11) is 1.87. The van der Waals surface area contributed by atoms with Gasteiger partial charge in [0.25, 0.3) is 0 Å². The van der Waals surface area contributed by atoms with E-state index in [2.05, 4.69) is 15.4 Å². The third kappa shape index (κ3) is 3.11. The van der Waals surface area contributed by atoms with E-state index in [0.29, 0.717) is 19.2 Å². The maximum Gasteiger partial charge on any atom is 0.336 e. The van der Waals surface area contributed by atoms with Crippen molar-refractivity contribution in [3.8, 4) is 11.7 Å². The number of aromatic nitrogens is 3. The molecule has 0 aliphatic rings. The normalized spacial score (nSPS) is 10.7. The van der Waals surface area contributed by atoms with Gasteiger partial charge in [-0.05, 0) is 25.2 Å². The number of ether oxygens (including phenoxy) is 1. The SMILES string of the molecule is CNCc1occc1COc1ncn(-c2ccccc2)n1. The van der Waals surface area contributed by atoms with Gasteiger partial charge < -0.3 is 14.5 Å². The lowest BCUT2D eigenvalue weighted by Gasteiger charge is -2.02. The Hall–Kier alpha value is -2.60. The van der Waals surface area contributed by atoms with Crippen LogP contribution in [0, 0.1) is 0 Å². The summed E-state index contributed by atoms with van der Waals surface area (Å²) in [5.41, 5.74) is 1.93. The number of rotatable bonds is 6. The molecular formula is C15H16N4O2. The number of furan rings is 1. The molecule has 3 aromatic rings. The van der Waals surface area contributed by atoms with Gasteiger partial charge >= 0.3 is 6.01 Å². The van der Waals surface area contributed by atoms with Gasteiger partial charge in [0.2, 0.25) is 0 Å². The van der Waals surface area contributed by atoms with Crippen LogP contribution < -0.4 is 10.1 Å². The first-order valence-electron chi connectivity index (χ1n) is 6.66. The Labute approximate surface area is 122 Å². The Morgan fingerprint density at radius 3 is 2.90 bits per heavy atom. The lowest BCUT2D eigenvalue weighted by Crippen LogP contribution is -2.07. The molecular weight excluding hydrogens is 268 g/mol. The molecule has 0 atom stereocenters. The van der Waals surface area contributed by atoms with E-state index in [1.807, 2.05) is 43.4 Å². The van der Waals surface area contributed by atoms with E-state index in [1.54, 1.807) is 17.3 Å². The molecule has 6 nitrogen and oxygen atoms in total. The summed E-state index contributed by atoms with van der Waals surface area (Å²) < 4.78 is 12.7. The number of benzene rings is 1. The highest BCUT2D eigenvalue weighted by atomic mass is 16.5. The van der Waals surface area contributed by atoms with Crippen molar-refractivity contribution in [3.63, 3.8) is 0 Å². The molecule has 0 saturated carbocycles. The van der Waals surface area contributed by atoms with Gasteiger partial charge in [-0.2, -0.15) is 4.98 Å². The van der Waals surface area contributed by atoms with E-state index in [-0.39, 0.29) is 0 Å². The molecule has 0 bridgehead atoms. The Bertz CT molecular complexity index is 691. The van der Waals surface area contributed by atoms with E-state index in [1.165, 1.54) is 0 Å². The van der Waals surface area contributed by atoms with Crippen LogP contribution in [0.2, 0.25) is 0 Å². The topological polar surface area (TPSA) is 65.1 Å². The number of nitrogens with zero attached hydrogens (tertiary/aromatic N) is 3. The van der Waals surface area contributed by atoms with Gasteiger partial charge in [-0.25, -0.2) is 4.68 Å². The van der Waals surface area contributed by atoms with E-state index in [0.717, 1.165) is 17.0 Å². The number of hydrogen-bond acceptors (Lipinski definition) is 5. The standard InChI is InChI=1S/C15H16N4O2/c1-16-9-14-12(7-8-20-14)10-21-15-17-11-19(18-15)13-5-3-2-4-6-13/h2-8,11,16H,9-10H2,1H3. The van der Waals surface area contributed by atoms with Crippen LogP contribution in [0.4, 0.5) is 0 Å². The fourth-order valence-corrected chi connectivity index (χ4v) is 1.97. The van der Waals surface area contributed by atoms with Gasteiger partial charge in [-0.1, -0.05) is 18.2 Å². The van der Waals surface area contributed by atoms with Crippen LogP contribution in [0.1, 0.15) is 11.3 Å². The molecule has 0 unspecified atom stereocenters. The van der Waals surface area contributed by atoms with Crippen LogP contribution in [-0.4, -0.2) is 21.8 Å². The Morgan fingerprint density at radius 1 is 1.24 bits per heavy atom. The molecule has 2 aromatic heterocycles. The molecule has 3 rings (SSSR count). The van der Waals surface area contributed by atoms with Gasteiger partial charge in [0.1, 0.15) is 18.7 Å². The summed E-state index contributed by atoms with van der Waals surface area (Å²) in [6.45, 7) is 1.05. The van der Waals surface area contributed by atoms with Crippen LogP contribution in [0.15, 0.2) is 53.4 Å².